The van der Waals surface area contributed by atoms with E-state index in [0.717, 1.165) is 6.54 Å². The second kappa shape index (κ2) is 7.03. The monoisotopic (exact) mass is 250 g/mol. The number of amides is 1. The van der Waals surface area contributed by atoms with E-state index in [9.17, 15) is 14.7 Å². The summed E-state index contributed by atoms with van der Waals surface area (Å²) in [4.78, 5) is 22.5. The molecule has 98 valence electrons. The van der Waals surface area contributed by atoms with Crippen LogP contribution in [0.15, 0.2) is 0 Å². The number of alkyl carbamates (subject to hydrolysis) is 1. The summed E-state index contributed by atoms with van der Waals surface area (Å²) in [6.07, 6.45) is -0.0207. The maximum Gasteiger partial charge on any atom is 1.00 e. The number of aliphatic carboxylic acids is 1. The van der Waals surface area contributed by atoms with Crippen molar-refractivity contribution in [2.24, 2.45) is 5.92 Å². The van der Waals surface area contributed by atoms with E-state index in [0.29, 0.717) is 13.0 Å². The van der Waals surface area contributed by atoms with Crippen molar-refractivity contribution in [2.75, 3.05) is 13.1 Å². The van der Waals surface area contributed by atoms with E-state index in [1.807, 2.05) is 0 Å². The van der Waals surface area contributed by atoms with Gasteiger partial charge in [0.25, 0.3) is 0 Å². The molecule has 0 aromatic heterocycles. The van der Waals surface area contributed by atoms with E-state index in [2.05, 4.69) is 10.6 Å². The van der Waals surface area contributed by atoms with Crippen LogP contribution in [0, 0.1) is 5.92 Å². The van der Waals surface area contributed by atoms with Gasteiger partial charge in [0.1, 0.15) is 5.60 Å². The van der Waals surface area contributed by atoms with Crippen LogP contribution in [0.5, 0.6) is 0 Å². The smallest absolute Gasteiger partial charge is 0.548 e. The number of hydrogen-bond acceptors (Lipinski definition) is 5. The first kappa shape index (κ1) is 17.3. The molecule has 0 aliphatic carbocycles. The number of rotatable bonds is 3. The first-order valence-electron chi connectivity index (χ1n) is 5.70. The van der Waals surface area contributed by atoms with Crippen LogP contribution in [0.3, 0.4) is 0 Å². The summed E-state index contributed by atoms with van der Waals surface area (Å²) < 4.78 is 5.02. The molecule has 0 radical (unpaired) electrons. The first-order chi connectivity index (χ1) is 7.79. The molecule has 1 saturated heterocycles. The fourth-order valence-corrected chi connectivity index (χ4v) is 1.77. The molecule has 18 heavy (non-hydrogen) atoms. The summed E-state index contributed by atoms with van der Waals surface area (Å²) in [5.41, 5.74) is -0.644. The number of hydrogen-bond donors (Lipinski definition) is 2. The third kappa shape index (κ3) is 5.76. The van der Waals surface area contributed by atoms with E-state index in [4.69, 9.17) is 4.74 Å². The van der Waals surface area contributed by atoms with Crippen molar-refractivity contribution in [1.29, 1.82) is 0 Å². The summed E-state index contributed by atoms with van der Waals surface area (Å²) in [7, 11) is 0. The summed E-state index contributed by atoms with van der Waals surface area (Å²) in [6, 6.07) is -1.00. The standard InChI is InChI=1S/C11H20N2O4.Li/c1-11(2,3)17-10(16)13-8(9(14)15)7-4-5-12-6-7;/h7-8,12H,4-6H2,1-3H3,(H,13,16)(H,14,15);/q;+1/p-1. The molecule has 2 atom stereocenters. The second-order valence-corrected chi connectivity index (χ2v) is 5.20. The fourth-order valence-electron chi connectivity index (χ4n) is 1.77. The van der Waals surface area contributed by atoms with Crippen LogP contribution in [0.4, 0.5) is 4.79 Å². The number of carboxylic acid groups (broad SMARTS) is 1. The molecule has 1 fully saturated rings. The minimum atomic E-state index is -1.27. The Labute approximate surface area is 119 Å². The zero-order chi connectivity index (χ0) is 13.1. The summed E-state index contributed by atoms with van der Waals surface area (Å²) in [5.74, 6) is -1.42. The van der Waals surface area contributed by atoms with Crippen molar-refractivity contribution < 1.29 is 38.3 Å². The van der Waals surface area contributed by atoms with E-state index in [1.165, 1.54) is 0 Å². The first-order valence-corrected chi connectivity index (χ1v) is 5.70. The van der Waals surface area contributed by atoms with Crippen LogP contribution < -0.4 is 34.6 Å². The molecule has 1 amide bonds. The molecule has 7 heteroatoms. The molecule has 1 rings (SSSR count). The van der Waals surface area contributed by atoms with Gasteiger partial charge >= 0.3 is 25.0 Å². The van der Waals surface area contributed by atoms with Crippen molar-refractivity contribution in [2.45, 2.75) is 38.8 Å². The van der Waals surface area contributed by atoms with Crippen LogP contribution in [-0.2, 0) is 9.53 Å². The van der Waals surface area contributed by atoms with Gasteiger partial charge in [-0.05, 0) is 39.7 Å². The van der Waals surface area contributed by atoms with Gasteiger partial charge in [0.05, 0.1) is 12.0 Å². The Morgan fingerprint density at radius 2 is 2.06 bits per heavy atom. The van der Waals surface area contributed by atoms with Crippen LogP contribution >= 0.6 is 0 Å². The van der Waals surface area contributed by atoms with Crippen molar-refractivity contribution in [3.63, 3.8) is 0 Å². The Balaban J connectivity index is 0.00000289. The molecule has 1 heterocycles. The number of ether oxygens (including phenoxy) is 1. The van der Waals surface area contributed by atoms with Crippen molar-refractivity contribution >= 4 is 12.1 Å². The minimum Gasteiger partial charge on any atom is -0.548 e. The zero-order valence-corrected chi connectivity index (χ0v) is 11.4. The molecule has 2 unspecified atom stereocenters. The average Bonchev–Trinajstić information content (AvgIpc) is 2.63. The molecule has 6 nitrogen and oxygen atoms in total. The van der Waals surface area contributed by atoms with Gasteiger partial charge < -0.3 is 25.3 Å². The minimum absolute atomic E-state index is 0. The zero-order valence-electron chi connectivity index (χ0n) is 11.4. The van der Waals surface area contributed by atoms with E-state index < -0.39 is 23.7 Å². The van der Waals surface area contributed by atoms with E-state index >= 15 is 0 Å². The predicted molar refractivity (Wildman–Crippen MR) is 59.1 cm³/mol. The molecule has 0 aromatic carbocycles. The number of carbonyl (C=O) groups is 2. The molecule has 0 aromatic rings. The normalized spacial score (nSPS) is 20.7. The summed E-state index contributed by atoms with van der Waals surface area (Å²) >= 11 is 0. The predicted octanol–water partition coefficient (Wildman–Crippen LogP) is -3.76. The number of carbonyl (C=O) groups excluding carboxylic acids is 2. The molecular weight excluding hydrogens is 231 g/mol. The van der Waals surface area contributed by atoms with E-state index in [1.54, 1.807) is 20.8 Å². The van der Waals surface area contributed by atoms with E-state index in [-0.39, 0.29) is 24.8 Å². The summed E-state index contributed by atoms with van der Waals surface area (Å²) in [5, 5.41) is 16.4. The number of nitrogens with one attached hydrogen (secondary N) is 2. The fraction of sp³-hybridized carbons (Fsp3) is 0.818. The topological polar surface area (TPSA) is 90.5 Å². The molecular formula is C11H19LiN2O4. The van der Waals surface area contributed by atoms with Crippen LogP contribution in [-0.4, -0.2) is 36.8 Å². The van der Waals surface area contributed by atoms with Gasteiger partial charge in [0.2, 0.25) is 0 Å². The third-order valence-corrected chi connectivity index (χ3v) is 2.50. The molecule has 0 saturated carbocycles. The van der Waals surface area contributed by atoms with Crippen LogP contribution in [0.25, 0.3) is 0 Å². The Bertz CT molecular complexity index is 298. The quantitative estimate of drug-likeness (QED) is 0.502. The third-order valence-electron chi connectivity index (χ3n) is 2.50. The SMILES string of the molecule is CC(C)(C)OC(=O)NC(C(=O)[O-])C1CCNC1.[Li+]. The van der Waals surface area contributed by atoms with Crippen molar-refractivity contribution in [1.82, 2.24) is 10.6 Å². The Kier molecular flexibility index (Phi) is 6.75. The van der Waals surface area contributed by atoms with Gasteiger partial charge in [-0.1, -0.05) is 0 Å². The molecule has 0 spiro atoms. The molecule has 1 aliphatic heterocycles. The largest absolute Gasteiger partial charge is 1.00 e. The Morgan fingerprint density at radius 3 is 2.44 bits per heavy atom. The molecule has 2 N–H and O–H groups in total. The average molecular weight is 250 g/mol. The van der Waals surface area contributed by atoms with Gasteiger partial charge in [-0.3, -0.25) is 0 Å². The summed E-state index contributed by atoms with van der Waals surface area (Å²) in [6.45, 7) is 6.48. The van der Waals surface area contributed by atoms with Gasteiger partial charge in [-0.15, -0.1) is 0 Å². The van der Waals surface area contributed by atoms with Crippen molar-refractivity contribution in [3.05, 3.63) is 0 Å². The van der Waals surface area contributed by atoms with Crippen LogP contribution in [0.2, 0.25) is 0 Å². The van der Waals surface area contributed by atoms with Gasteiger partial charge in [0, 0.05) is 6.54 Å². The number of carboxylic acids is 1. The van der Waals surface area contributed by atoms with Gasteiger partial charge in [-0.2, -0.15) is 0 Å². The second-order valence-electron chi connectivity index (χ2n) is 5.20. The van der Waals surface area contributed by atoms with Crippen LogP contribution in [0.1, 0.15) is 27.2 Å². The molecule has 1 aliphatic rings. The Hall–Kier alpha value is -0.703. The molecule has 0 bridgehead atoms. The van der Waals surface area contributed by atoms with Gasteiger partial charge in [-0.25, -0.2) is 4.79 Å². The maximum absolute atomic E-state index is 11.5. The maximum atomic E-state index is 11.5. The van der Waals surface area contributed by atoms with Gasteiger partial charge in [0.15, 0.2) is 0 Å². The van der Waals surface area contributed by atoms with Crippen molar-refractivity contribution in [3.8, 4) is 0 Å². The Morgan fingerprint density at radius 1 is 1.44 bits per heavy atom.